The highest BCUT2D eigenvalue weighted by Gasteiger charge is 2.43. The van der Waals surface area contributed by atoms with E-state index in [2.05, 4.69) is 5.32 Å². The van der Waals surface area contributed by atoms with Gasteiger partial charge in [0.25, 0.3) is 5.17 Å². The summed E-state index contributed by atoms with van der Waals surface area (Å²) in [7, 11) is 0. The Bertz CT molecular complexity index is 350. The van der Waals surface area contributed by atoms with Gasteiger partial charge in [0.1, 0.15) is 30.5 Å². The van der Waals surface area contributed by atoms with Crippen LogP contribution >= 0.6 is 12.2 Å². The molecule has 0 aromatic carbocycles. The lowest BCUT2D eigenvalue weighted by molar-refractivity contribution is -0.233. The molecule has 7 nitrogen and oxygen atoms in total. The predicted molar refractivity (Wildman–Crippen MR) is 77.5 cm³/mol. The molecule has 8 heteroatoms. The van der Waals surface area contributed by atoms with Crippen LogP contribution in [0, 0.1) is 0 Å². The van der Waals surface area contributed by atoms with Gasteiger partial charge in [0.15, 0.2) is 6.23 Å². The molecule has 0 aromatic rings. The van der Waals surface area contributed by atoms with E-state index in [1.165, 1.54) is 6.42 Å². The van der Waals surface area contributed by atoms with Crippen molar-refractivity contribution in [2.45, 2.75) is 68.9 Å². The summed E-state index contributed by atoms with van der Waals surface area (Å²) in [6.07, 6.45) is -0.809. The van der Waals surface area contributed by atoms with Crippen LogP contribution in [0.15, 0.2) is 0 Å². The van der Waals surface area contributed by atoms with E-state index in [4.69, 9.17) is 26.8 Å². The third-order valence-electron chi connectivity index (χ3n) is 3.98. The minimum absolute atomic E-state index is 0.0589. The van der Waals surface area contributed by atoms with Crippen molar-refractivity contribution in [2.75, 3.05) is 6.61 Å². The minimum Gasteiger partial charge on any atom is -0.468 e. The molecule has 1 heterocycles. The molecule has 5 N–H and O–H groups in total. The zero-order valence-corrected chi connectivity index (χ0v) is 12.5. The fraction of sp³-hybridized carbons (Fsp3) is 0.923. The standard InChI is InChI=1S/C13H23NO6S/c15-6-8-9(16)10(17)11(18)12(20-8)14-13(21)19-7-4-2-1-3-5-7/h7-12,15-18H,1-6H2,(H,14,21)/t8-,9-,10+,11+,12-/m0/s1. The van der Waals surface area contributed by atoms with Crippen molar-refractivity contribution >= 4 is 17.4 Å². The summed E-state index contributed by atoms with van der Waals surface area (Å²) < 4.78 is 10.9. The van der Waals surface area contributed by atoms with Gasteiger partial charge >= 0.3 is 0 Å². The van der Waals surface area contributed by atoms with E-state index in [-0.39, 0.29) is 11.3 Å². The van der Waals surface area contributed by atoms with Crippen molar-refractivity contribution in [3.05, 3.63) is 0 Å². The highest BCUT2D eigenvalue weighted by Crippen LogP contribution is 2.22. The van der Waals surface area contributed by atoms with Crippen LogP contribution in [-0.2, 0) is 9.47 Å². The van der Waals surface area contributed by atoms with Crippen LogP contribution in [0.25, 0.3) is 0 Å². The van der Waals surface area contributed by atoms with Gasteiger partial charge in [0.05, 0.1) is 6.61 Å². The Balaban J connectivity index is 1.86. The van der Waals surface area contributed by atoms with Crippen LogP contribution in [0.1, 0.15) is 32.1 Å². The maximum absolute atomic E-state index is 9.88. The lowest BCUT2D eigenvalue weighted by Gasteiger charge is -2.40. The zero-order chi connectivity index (χ0) is 15.4. The van der Waals surface area contributed by atoms with E-state index < -0.39 is 37.3 Å². The van der Waals surface area contributed by atoms with Gasteiger partial charge in [-0.3, -0.25) is 0 Å². The SMILES string of the molecule is OC[C@@H]1O[C@H](NC(=S)OC2CCCCC2)[C@H](O)[C@H](O)[C@H]1O. The lowest BCUT2D eigenvalue weighted by Crippen LogP contribution is -2.63. The van der Waals surface area contributed by atoms with Crippen LogP contribution in [0.4, 0.5) is 0 Å². The molecule has 2 rings (SSSR count). The summed E-state index contributed by atoms with van der Waals surface area (Å²) in [6.45, 7) is -0.473. The van der Waals surface area contributed by atoms with Crippen LogP contribution < -0.4 is 5.32 Å². The Labute approximate surface area is 128 Å². The summed E-state index contributed by atoms with van der Waals surface area (Å²) in [4.78, 5) is 0. The van der Waals surface area contributed by atoms with Crippen molar-refractivity contribution in [3.8, 4) is 0 Å². The van der Waals surface area contributed by atoms with Crippen molar-refractivity contribution in [1.82, 2.24) is 5.32 Å². The molecular formula is C13H23NO6S. The van der Waals surface area contributed by atoms with E-state index >= 15 is 0 Å². The number of hydrogen-bond donors (Lipinski definition) is 5. The van der Waals surface area contributed by atoms with Crippen molar-refractivity contribution in [1.29, 1.82) is 0 Å². The normalized spacial score (nSPS) is 38.0. The Kier molecular flexibility index (Phi) is 6.15. The molecule has 2 fully saturated rings. The number of rotatable bonds is 3. The molecule has 0 bridgehead atoms. The molecule has 122 valence electrons. The molecule has 1 saturated carbocycles. The quantitative estimate of drug-likeness (QED) is 0.421. The number of aliphatic hydroxyl groups excluding tert-OH is 4. The van der Waals surface area contributed by atoms with Gasteiger partial charge in [0, 0.05) is 0 Å². The van der Waals surface area contributed by atoms with Crippen LogP contribution in [0.2, 0.25) is 0 Å². The van der Waals surface area contributed by atoms with E-state index in [1.807, 2.05) is 0 Å². The van der Waals surface area contributed by atoms with E-state index in [9.17, 15) is 15.3 Å². The minimum atomic E-state index is -1.43. The van der Waals surface area contributed by atoms with Gasteiger partial charge in [-0.2, -0.15) is 0 Å². The summed E-state index contributed by atoms with van der Waals surface area (Å²) in [5.74, 6) is 0. The average Bonchev–Trinajstić information content (AvgIpc) is 2.49. The number of thiocarbonyl (C=S) groups is 1. The fourth-order valence-corrected chi connectivity index (χ4v) is 2.96. The molecule has 2 aliphatic rings. The highest BCUT2D eigenvalue weighted by atomic mass is 32.1. The smallest absolute Gasteiger partial charge is 0.259 e. The zero-order valence-electron chi connectivity index (χ0n) is 11.7. The molecule has 1 aliphatic heterocycles. The van der Waals surface area contributed by atoms with Crippen LogP contribution in [0.3, 0.4) is 0 Å². The summed E-state index contributed by atoms with van der Waals surface area (Å²) in [5.41, 5.74) is 0. The summed E-state index contributed by atoms with van der Waals surface area (Å²) >= 11 is 5.08. The van der Waals surface area contributed by atoms with Gasteiger partial charge in [0.2, 0.25) is 0 Å². The highest BCUT2D eigenvalue weighted by molar-refractivity contribution is 7.80. The molecular weight excluding hydrogens is 298 g/mol. The predicted octanol–water partition coefficient (Wildman–Crippen LogP) is -0.990. The molecule has 21 heavy (non-hydrogen) atoms. The van der Waals surface area contributed by atoms with E-state index in [1.54, 1.807) is 0 Å². The molecule has 0 spiro atoms. The molecule has 5 atom stereocenters. The second-order valence-corrected chi connectivity index (χ2v) is 5.93. The Morgan fingerprint density at radius 1 is 1.10 bits per heavy atom. The second kappa shape index (κ2) is 7.66. The number of nitrogens with one attached hydrogen (secondary N) is 1. The van der Waals surface area contributed by atoms with E-state index in [0.717, 1.165) is 25.7 Å². The number of hydrogen-bond acceptors (Lipinski definition) is 7. The summed E-state index contributed by atoms with van der Waals surface area (Å²) in [5, 5.41) is 41.1. The van der Waals surface area contributed by atoms with Crippen molar-refractivity contribution in [3.63, 3.8) is 0 Å². The third-order valence-corrected chi connectivity index (χ3v) is 4.19. The number of ether oxygens (including phenoxy) is 2. The van der Waals surface area contributed by atoms with Gasteiger partial charge < -0.3 is 35.2 Å². The van der Waals surface area contributed by atoms with Crippen molar-refractivity contribution < 1.29 is 29.9 Å². The topological polar surface area (TPSA) is 111 Å². The largest absolute Gasteiger partial charge is 0.468 e. The van der Waals surface area contributed by atoms with Crippen LogP contribution in [-0.4, -0.2) is 69.0 Å². The van der Waals surface area contributed by atoms with Gasteiger partial charge in [-0.05, 0) is 37.9 Å². The number of aliphatic hydroxyl groups is 4. The van der Waals surface area contributed by atoms with Gasteiger partial charge in [-0.1, -0.05) is 6.42 Å². The van der Waals surface area contributed by atoms with Crippen molar-refractivity contribution in [2.24, 2.45) is 0 Å². The molecule has 1 saturated heterocycles. The second-order valence-electron chi connectivity index (χ2n) is 5.56. The first-order valence-electron chi connectivity index (χ1n) is 7.30. The fourth-order valence-electron chi connectivity index (χ4n) is 2.71. The van der Waals surface area contributed by atoms with E-state index in [0.29, 0.717) is 0 Å². The molecule has 0 aromatic heterocycles. The van der Waals surface area contributed by atoms with Crippen LogP contribution in [0.5, 0.6) is 0 Å². The summed E-state index contributed by atoms with van der Waals surface area (Å²) in [6, 6.07) is 0. The maximum atomic E-state index is 9.88. The first kappa shape index (κ1) is 16.9. The lowest BCUT2D eigenvalue weighted by atomic mass is 9.98. The molecule has 0 unspecified atom stereocenters. The van der Waals surface area contributed by atoms with Gasteiger partial charge in [-0.25, -0.2) is 0 Å². The Morgan fingerprint density at radius 3 is 2.38 bits per heavy atom. The monoisotopic (exact) mass is 321 g/mol. The first-order chi connectivity index (χ1) is 10.0. The maximum Gasteiger partial charge on any atom is 0.259 e. The Morgan fingerprint density at radius 2 is 1.76 bits per heavy atom. The van der Waals surface area contributed by atoms with Gasteiger partial charge in [-0.15, -0.1) is 0 Å². The molecule has 0 amide bonds. The average molecular weight is 321 g/mol. The third kappa shape index (κ3) is 4.24. The first-order valence-corrected chi connectivity index (χ1v) is 7.71. The Hall–Kier alpha value is -0.510. The molecule has 1 aliphatic carbocycles. The molecule has 0 radical (unpaired) electrons.